The molecule has 3 aromatic rings. The third-order valence-corrected chi connectivity index (χ3v) is 4.31. The van der Waals surface area contributed by atoms with Crippen molar-refractivity contribution in [2.75, 3.05) is 5.32 Å². The molecule has 0 unspecified atom stereocenters. The molecule has 0 fully saturated rings. The summed E-state index contributed by atoms with van der Waals surface area (Å²) >= 11 is 1.45. The van der Waals surface area contributed by atoms with Crippen LogP contribution in [0.25, 0.3) is 21.7 Å². The van der Waals surface area contributed by atoms with Gasteiger partial charge in [-0.05, 0) is 29.3 Å². The number of benzene rings is 1. The Labute approximate surface area is 138 Å². The predicted molar refractivity (Wildman–Crippen MR) is 93.0 cm³/mol. The van der Waals surface area contributed by atoms with Gasteiger partial charge in [-0.1, -0.05) is 29.5 Å². The van der Waals surface area contributed by atoms with Crippen LogP contribution >= 0.6 is 11.3 Å². The lowest BCUT2D eigenvalue weighted by Crippen LogP contribution is -2.04. The minimum Gasteiger partial charge on any atom is -0.326 e. The highest BCUT2D eigenvalue weighted by Crippen LogP contribution is 2.38. The summed E-state index contributed by atoms with van der Waals surface area (Å²) in [5.41, 5.74) is 9.60. The number of carbonyl (C=O) groups is 1. The molecule has 3 rings (SSSR count). The van der Waals surface area contributed by atoms with E-state index < -0.39 is 0 Å². The maximum absolute atomic E-state index is 11.3. The Morgan fingerprint density at radius 2 is 2.00 bits per heavy atom. The number of carbonyl (C=O) groups excluding carboxylic acids is 1. The van der Waals surface area contributed by atoms with Crippen LogP contribution in [0.2, 0.25) is 0 Å². The van der Waals surface area contributed by atoms with Crippen LogP contribution < -0.4 is 11.1 Å². The quantitative estimate of drug-likeness (QED) is 0.771. The highest BCUT2D eigenvalue weighted by Gasteiger charge is 2.15. The fraction of sp³-hybridized carbons (Fsp3) is 0.118. The number of rotatable bonds is 4. The lowest BCUT2D eigenvalue weighted by atomic mass is 10.1. The smallest absolute Gasteiger partial charge is 0.223 e. The highest BCUT2D eigenvalue weighted by molar-refractivity contribution is 7.19. The maximum atomic E-state index is 11.3. The molecule has 0 aliphatic carbocycles. The van der Waals surface area contributed by atoms with Gasteiger partial charge >= 0.3 is 0 Å². The standard InChI is InChI=1S/C17H16N4OS/c1-11(22)20-17-21-15(14-4-2-3-12(9-14)10-18)16(23-17)13-5-7-19-8-6-13/h2-9H,10,18H2,1H3,(H,20,21,22). The van der Waals surface area contributed by atoms with E-state index in [4.69, 9.17) is 5.73 Å². The van der Waals surface area contributed by atoms with Gasteiger partial charge in [0.15, 0.2) is 5.13 Å². The number of pyridine rings is 1. The van der Waals surface area contributed by atoms with Gasteiger partial charge in [-0.3, -0.25) is 9.78 Å². The molecular weight excluding hydrogens is 308 g/mol. The molecule has 2 heterocycles. The Kier molecular flexibility index (Phi) is 4.45. The fourth-order valence-electron chi connectivity index (χ4n) is 2.26. The summed E-state index contributed by atoms with van der Waals surface area (Å²) in [7, 11) is 0. The summed E-state index contributed by atoms with van der Waals surface area (Å²) < 4.78 is 0. The number of aromatic nitrogens is 2. The van der Waals surface area contributed by atoms with Crippen LogP contribution in [0.1, 0.15) is 12.5 Å². The summed E-state index contributed by atoms with van der Waals surface area (Å²) in [5, 5.41) is 3.34. The summed E-state index contributed by atoms with van der Waals surface area (Å²) in [6.45, 7) is 1.95. The van der Waals surface area contributed by atoms with Gasteiger partial charge in [0.05, 0.1) is 10.6 Å². The van der Waals surface area contributed by atoms with E-state index in [0.717, 1.165) is 27.3 Å². The van der Waals surface area contributed by atoms with E-state index in [9.17, 15) is 4.79 Å². The molecule has 23 heavy (non-hydrogen) atoms. The Morgan fingerprint density at radius 3 is 2.70 bits per heavy atom. The van der Waals surface area contributed by atoms with E-state index in [-0.39, 0.29) is 5.91 Å². The van der Waals surface area contributed by atoms with Crippen molar-refractivity contribution < 1.29 is 4.79 Å². The summed E-state index contributed by atoms with van der Waals surface area (Å²) in [4.78, 5) is 21.0. The molecule has 5 nitrogen and oxygen atoms in total. The minimum absolute atomic E-state index is 0.137. The maximum Gasteiger partial charge on any atom is 0.223 e. The molecular formula is C17H16N4OS. The molecule has 0 saturated heterocycles. The van der Waals surface area contributed by atoms with E-state index in [2.05, 4.69) is 15.3 Å². The van der Waals surface area contributed by atoms with Gasteiger partial charge in [-0.15, -0.1) is 0 Å². The number of anilines is 1. The Balaban J connectivity index is 2.13. The molecule has 6 heteroatoms. The normalized spacial score (nSPS) is 10.5. The molecule has 3 N–H and O–H groups in total. The zero-order chi connectivity index (χ0) is 16.2. The summed E-state index contributed by atoms with van der Waals surface area (Å²) in [6.07, 6.45) is 3.49. The molecule has 0 radical (unpaired) electrons. The second-order valence-corrected chi connectivity index (χ2v) is 6.02. The third kappa shape index (κ3) is 3.44. The van der Waals surface area contributed by atoms with Gasteiger partial charge < -0.3 is 11.1 Å². The second-order valence-electron chi connectivity index (χ2n) is 5.02. The van der Waals surface area contributed by atoms with Crippen molar-refractivity contribution in [3.05, 3.63) is 54.4 Å². The van der Waals surface area contributed by atoms with Crippen LogP contribution in [0.15, 0.2) is 48.8 Å². The molecule has 0 saturated carbocycles. The van der Waals surface area contributed by atoms with Crippen molar-refractivity contribution in [1.82, 2.24) is 9.97 Å². The minimum atomic E-state index is -0.137. The van der Waals surface area contributed by atoms with E-state index in [1.165, 1.54) is 18.3 Å². The fourth-order valence-corrected chi connectivity index (χ4v) is 3.30. The first-order valence-electron chi connectivity index (χ1n) is 7.15. The second kappa shape index (κ2) is 6.68. The first-order chi connectivity index (χ1) is 11.2. The first kappa shape index (κ1) is 15.3. The molecule has 0 aliphatic heterocycles. The number of hydrogen-bond donors (Lipinski definition) is 2. The average Bonchev–Trinajstić information content (AvgIpc) is 2.99. The number of amides is 1. The summed E-state index contributed by atoms with van der Waals surface area (Å²) in [6, 6.07) is 11.8. The molecule has 0 aliphatic rings. The topological polar surface area (TPSA) is 80.9 Å². The first-order valence-corrected chi connectivity index (χ1v) is 7.97. The summed E-state index contributed by atoms with van der Waals surface area (Å²) in [5.74, 6) is -0.137. The molecule has 0 atom stereocenters. The van der Waals surface area contributed by atoms with Gasteiger partial charge in [-0.2, -0.15) is 0 Å². The zero-order valence-electron chi connectivity index (χ0n) is 12.6. The molecule has 0 bridgehead atoms. The zero-order valence-corrected chi connectivity index (χ0v) is 13.4. The Hall–Kier alpha value is -2.57. The number of nitrogens with zero attached hydrogens (tertiary/aromatic N) is 2. The van der Waals surface area contributed by atoms with Crippen molar-refractivity contribution in [3.63, 3.8) is 0 Å². The lowest BCUT2D eigenvalue weighted by molar-refractivity contribution is -0.114. The van der Waals surface area contributed by atoms with Gasteiger partial charge in [0, 0.05) is 31.4 Å². The van der Waals surface area contributed by atoms with Gasteiger partial charge in [0.25, 0.3) is 0 Å². The number of hydrogen-bond acceptors (Lipinski definition) is 5. The molecule has 0 spiro atoms. The molecule has 2 aromatic heterocycles. The monoisotopic (exact) mass is 324 g/mol. The number of nitrogens with two attached hydrogens (primary N) is 1. The predicted octanol–water partition coefficient (Wildman–Crippen LogP) is 3.29. The van der Waals surface area contributed by atoms with E-state index in [0.29, 0.717) is 11.7 Å². The van der Waals surface area contributed by atoms with Crippen LogP contribution in [0, 0.1) is 0 Å². The van der Waals surface area contributed by atoms with E-state index in [1.54, 1.807) is 12.4 Å². The SMILES string of the molecule is CC(=O)Nc1nc(-c2cccc(CN)c2)c(-c2ccncc2)s1. The van der Waals surface area contributed by atoms with Gasteiger partial charge in [0.1, 0.15) is 0 Å². The number of nitrogens with one attached hydrogen (secondary N) is 1. The van der Waals surface area contributed by atoms with Crippen LogP contribution in [-0.2, 0) is 11.3 Å². The van der Waals surface area contributed by atoms with Crippen LogP contribution in [0.5, 0.6) is 0 Å². The van der Waals surface area contributed by atoms with Crippen molar-refractivity contribution in [2.24, 2.45) is 5.73 Å². The lowest BCUT2D eigenvalue weighted by Gasteiger charge is -2.04. The van der Waals surface area contributed by atoms with Crippen LogP contribution in [0.4, 0.5) is 5.13 Å². The van der Waals surface area contributed by atoms with Crippen molar-refractivity contribution >= 4 is 22.4 Å². The molecule has 116 valence electrons. The highest BCUT2D eigenvalue weighted by atomic mass is 32.1. The van der Waals surface area contributed by atoms with Gasteiger partial charge in [0.2, 0.25) is 5.91 Å². The van der Waals surface area contributed by atoms with E-state index >= 15 is 0 Å². The largest absolute Gasteiger partial charge is 0.326 e. The van der Waals surface area contributed by atoms with Crippen LogP contribution in [-0.4, -0.2) is 15.9 Å². The van der Waals surface area contributed by atoms with Gasteiger partial charge in [-0.25, -0.2) is 4.98 Å². The van der Waals surface area contributed by atoms with Crippen molar-refractivity contribution in [1.29, 1.82) is 0 Å². The molecule has 1 aromatic carbocycles. The van der Waals surface area contributed by atoms with Crippen LogP contribution in [0.3, 0.4) is 0 Å². The van der Waals surface area contributed by atoms with Crippen molar-refractivity contribution in [3.8, 4) is 21.7 Å². The Bertz CT molecular complexity index is 830. The molecule has 1 amide bonds. The Morgan fingerprint density at radius 1 is 1.22 bits per heavy atom. The third-order valence-electron chi connectivity index (χ3n) is 3.29. The average molecular weight is 324 g/mol. The number of thiazole rings is 1. The van der Waals surface area contributed by atoms with E-state index in [1.807, 2.05) is 36.4 Å². The van der Waals surface area contributed by atoms with Crippen molar-refractivity contribution in [2.45, 2.75) is 13.5 Å².